The van der Waals surface area contributed by atoms with Gasteiger partial charge >= 0.3 is 0 Å². The van der Waals surface area contributed by atoms with Crippen LogP contribution in [-0.2, 0) is 0 Å². The summed E-state index contributed by atoms with van der Waals surface area (Å²) < 4.78 is 0. The molecule has 1 unspecified atom stereocenters. The molecule has 0 aliphatic carbocycles. The molecule has 0 saturated heterocycles. The molecular weight excluding hydrogens is 206 g/mol. The summed E-state index contributed by atoms with van der Waals surface area (Å²) >= 11 is 6.05. The van der Waals surface area contributed by atoms with Crippen molar-refractivity contribution in [3.63, 3.8) is 0 Å². The van der Waals surface area contributed by atoms with Crippen LogP contribution < -0.4 is 5.73 Å². The molecule has 0 radical (unpaired) electrons. The summed E-state index contributed by atoms with van der Waals surface area (Å²) in [6, 6.07) is 6.13. The Kier molecular flexibility index (Phi) is 4.86. The third-order valence-corrected chi connectivity index (χ3v) is 2.95. The zero-order valence-corrected chi connectivity index (χ0v) is 9.93. The van der Waals surface area contributed by atoms with E-state index in [0.29, 0.717) is 0 Å². The molecule has 2 N–H and O–H groups in total. The highest BCUT2D eigenvalue weighted by Crippen LogP contribution is 2.22. The Morgan fingerprint density at radius 3 is 2.87 bits per heavy atom. The smallest absolute Gasteiger partial charge is 0.0438 e. The molecule has 0 aromatic heterocycles. The van der Waals surface area contributed by atoms with Gasteiger partial charge in [0.1, 0.15) is 0 Å². The van der Waals surface area contributed by atoms with E-state index in [2.05, 4.69) is 12.6 Å². The Bertz CT molecular complexity index is 333. The van der Waals surface area contributed by atoms with Crippen molar-refractivity contribution in [3.05, 3.63) is 47.0 Å². The van der Waals surface area contributed by atoms with Crippen LogP contribution in [0.3, 0.4) is 0 Å². The van der Waals surface area contributed by atoms with E-state index in [0.717, 1.165) is 35.4 Å². The minimum absolute atomic E-state index is 0.0862. The number of halogens is 1. The Labute approximate surface area is 96.9 Å². The van der Waals surface area contributed by atoms with Crippen LogP contribution in [0.25, 0.3) is 0 Å². The first-order valence-electron chi connectivity index (χ1n) is 5.27. The minimum atomic E-state index is 0.0862. The van der Waals surface area contributed by atoms with Gasteiger partial charge in [-0.2, -0.15) is 0 Å². The SMILES string of the molecule is C=CCCCC(N)c1ccc(C)c(Cl)c1. The van der Waals surface area contributed by atoms with Crippen molar-refractivity contribution in [2.24, 2.45) is 5.73 Å². The number of benzene rings is 1. The average Bonchev–Trinajstić information content (AvgIpc) is 2.22. The summed E-state index contributed by atoms with van der Waals surface area (Å²) in [7, 11) is 0. The lowest BCUT2D eigenvalue weighted by atomic mass is 10.0. The molecule has 82 valence electrons. The molecule has 0 spiro atoms. The normalized spacial score (nSPS) is 12.5. The highest BCUT2D eigenvalue weighted by Gasteiger charge is 2.06. The largest absolute Gasteiger partial charge is 0.324 e. The first-order chi connectivity index (χ1) is 7.15. The van der Waals surface area contributed by atoms with Crippen LogP contribution in [0.2, 0.25) is 5.02 Å². The lowest BCUT2D eigenvalue weighted by molar-refractivity contribution is 0.617. The van der Waals surface area contributed by atoms with E-state index in [1.807, 2.05) is 25.1 Å². The van der Waals surface area contributed by atoms with Gasteiger partial charge in [-0.3, -0.25) is 0 Å². The number of nitrogens with two attached hydrogens (primary N) is 1. The molecule has 0 aliphatic rings. The van der Waals surface area contributed by atoms with E-state index < -0.39 is 0 Å². The van der Waals surface area contributed by atoms with Crippen molar-refractivity contribution in [1.82, 2.24) is 0 Å². The molecule has 2 heteroatoms. The molecule has 1 aromatic rings. The minimum Gasteiger partial charge on any atom is -0.324 e. The van der Waals surface area contributed by atoms with E-state index in [9.17, 15) is 0 Å². The molecule has 0 heterocycles. The third kappa shape index (κ3) is 3.69. The first-order valence-corrected chi connectivity index (χ1v) is 5.65. The van der Waals surface area contributed by atoms with E-state index in [-0.39, 0.29) is 6.04 Å². The summed E-state index contributed by atoms with van der Waals surface area (Å²) in [5.74, 6) is 0. The van der Waals surface area contributed by atoms with Gasteiger partial charge in [-0.25, -0.2) is 0 Å². The van der Waals surface area contributed by atoms with E-state index in [1.54, 1.807) is 0 Å². The van der Waals surface area contributed by atoms with Gasteiger partial charge in [-0.15, -0.1) is 6.58 Å². The van der Waals surface area contributed by atoms with Crippen LogP contribution in [0, 0.1) is 6.92 Å². The molecular formula is C13H18ClN. The second kappa shape index (κ2) is 5.94. The molecule has 1 rings (SSSR count). The topological polar surface area (TPSA) is 26.0 Å². The standard InChI is InChI=1S/C13H18ClN/c1-3-4-5-6-13(15)11-8-7-10(2)12(14)9-11/h3,7-9,13H,1,4-6,15H2,2H3. The molecule has 1 aromatic carbocycles. The van der Waals surface area contributed by atoms with Gasteiger partial charge in [0.2, 0.25) is 0 Å². The zero-order valence-electron chi connectivity index (χ0n) is 9.17. The lowest BCUT2D eigenvalue weighted by Crippen LogP contribution is -2.10. The number of hydrogen-bond donors (Lipinski definition) is 1. The predicted molar refractivity (Wildman–Crippen MR) is 67.2 cm³/mol. The first kappa shape index (κ1) is 12.3. The summed E-state index contributed by atoms with van der Waals surface area (Å²) in [5, 5.41) is 0.798. The van der Waals surface area contributed by atoms with Gasteiger partial charge in [0.15, 0.2) is 0 Å². The third-order valence-electron chi connectivity index (χ3n) is 2.55. The summed E-state index contributed by atoms with van der Waals surface area (Å²) in [6.45, 7) is 5.69. The van der Waals surface area contributed by atoms with Gasteiger partial charge in [-0.1, -0.05) is 29.8 Å². The molecule has 1 nitrogen and oxygen atoms in total. The molecule has 15 heavy (non-hydrogen) atoms. The van der Waals surface area contributed by atoms with Crippen molar-refractivity contribution >= 4 is 11.6 Å². The van der Waals surface area contributed by atoms with Crippen molar-refractivity contribution in [1.29, 1.82) is 0 Å². The van der Waals surface area contributed by atoms with Crippen molar-refractivity contribution in [3.8, 4) is 0 Å². The lowest BCUT2D eigenvalue weighted by Gasteiger charge is -2.12. The monoisotopic (exact) mass is 223 g/mol. The summed E-state index contributed by atoms with van der Waals surface area (Å²) in [6.07, 6.45) is 5.00. The van der Waals surface area contributed by atoms with Gasteiger partial charge in [-0.05, 0) is 43.4 Å². The van der Waals surface area contributed by atoms with Crippen LogP contribution in [0.4, 0.5) is 0 Å². The number of aryl methyl sites for hydroxylation is 1. The van der Waals surface area contributed by atoms with E-state index >= 15 is 0 Å². The number of hydrogen-bond acceptors (Lipinski definition) is 1. The predicted octanol–water partition coefficient (Wildman–Crippen LogP) is 4.00. The molecule has 0 fully saturated rings. The maximum atomic E-state index is 6.06. The van der Waals surface area contributed by atoms with Crippen LogP contribution in [-0.4, -0.2) is 0 Å². The molecule has 0 aliphatic heterocycles. The molecule has 0 amide bonds. The van der Waals surface area contributed by atoms with Crippen molar-refractivity contribution < 1.29 is 0 Å². The van der Waals surface area contributed by atoms with Gasteiger partial charge in [0.05, 0.1) is 0 Å². The fraction of sp³-hybridized carbons (Fsp3) is 0.385. The second-order valence-electron chi connectivity index (χ2n) is 3.83. The van der Waals surface area contributed by atoms with Gasteiger partial charge < -0.3 is 5.73 Å². The Morgan fingerprint density at radius 2 is 2.27 bits per heavy atom. The average molecular weight is 224 g/mol. The number of rotatable bonds is 5. The summed E-state index contributed by atoms with van der Waals surface area (Å²) in [4.78, 5) is 0. The van der Waals surface area contributed by atoms with Crippen LogP contribution in [0.15, 0.2) is 30.9 Å². The maximum Gasteiger partial charge on any atom is 0.0438 e. The molecule has 1 atom stereocenters. The Hall–Kier alpha value is -0.790. The zero-order chi connectivity index (χ0) is 11.3. The van der Waals surface area contributed by atoms with Crippen LogP contribution in [0.5, 0.6) is 0 Å². The van der Waals surface area contributed by atoms with Crippen LogP contribution in [0.1, 0.15) is 36.4 Å². The van der Waals surface area contributed by atoms with Crippen LogP contribution >= 0.6 is 11.6 Å². The fourth-order valence-electron chi connectivity index (χ4n) is 1.49. The highest BCUT2D eigenvalue weighted by molar-refractivity contribution is 6.31. The second-order valence-corrected chi connectivity index (χ2v) is 4.24. The van der Waals surface area contributed by atoms with Crippen molar-refractivity contribution in [2.45, 2.75) is 32.2 Å². The van der Waals surface area contributed by atoms with E-state index in [4.69, 9.17) is 17.3 Å². The van der Waals surface area contributed by atoms with Crippen molar-refractivity contribution in [2.75, 3.05) is 0 Å². The Morgan fingerprint density at radius 1 is 1.53 bits per heavy atom. The highest BCUT2D eigenvalue weighted by atomic mass is 35.5. The fourth-order valence-corrected chi connectivity index (χ4v) is 1.68. The number of allylic oxidation sites excluding steroid dienone is 1. The summed E-state index contributed by atoms with van der Waals surface area (Å²) in [5.41, 5.74) is 8.28. The molecule has 0 saturated carbocycles. The van der Waals surface area contributed by atoms with E-state index in [1.165, 1.54) is 0 Å². The van der Waals surface area contributed by atoms with Gasteiger partial charge in [0, 0.05) is 11.1 Å². The quantitative estimate of drug-likeness (QED) is 0.593. The Balaban J connectivity index is 2.61. The molecule has 0 bridgehead atoms. The maximum absolute atomic E-state index is 6.06. The van der Waals surface area contributed by atoms with Gasteiger partial charge in [0.25, 0.3) is 0 Å². The number of unbranched alkanes of at least 4 members (excludes halogenated alkanes) is 1.